The second kappa shape index (κ2) is 42.6. The van der Waals surface area contributed by atoms with Gasteiger partial charge in [0.2, 0.25) is 41.4 Å². The Bertz CT molecular complexity index is 3560. The summed E-state index contributed by atoms with van der Waals surface area (Å²) < 4.78 is 59.1. The second-order valence-electron chi connectivity index (χ2n) is 26.1. The number of likely N-dealkylation sites (N-methyl/N-ethyl adjacent to an activating group) is 1. The van der Waals surface area contributed by atoms with E-state index in [1.54, 1.807) is 38.2 Å². The summed E-state index contributed by atoms with van der Waals surface area (Å²) in [6.45, 7) is 8.97. The largest absolute Gasteiger partial charge is 0.481 e. The maximum Gasteiger partial charge on any atom is 0.408 e. The number of carboxylic acid groups (broad SMARTS) is 1. The SMILES string of the molecule is CNC(=O)[C@H](CCN(C(=O)CO)[C@@H](c1cc(-c2cc(F)ccc2F)cn1Cc1ccccc1)C(C)(C)C)NC(=O)[C@@H](NC(=O)[C@@H]1CCCN1C(=O)[C@H](CC(=O)O)NC(=O)CCOCCOCCOCCNC(=O)[C@H](CCCCNC(=O)OCc1ccccc1)NC(=O)OCc1ccccc1)C(C)C. The Kier molecular flexibility index (Phi) is 33.9. The Balaban J connectivity index is 0.944. The van der Waals surface area contributed by atoms with Crippen molar-refractivity contribution >= 4 is 59.5 Å². The predicted octanol–water partition coefficient (Wildman–Crippen LogP) is 6.05. The Hall–Kier alpha value is -9.84. The van der Waals surface area contributed by atoms with E-state index < -0.39 is 132 Å². The molecule has 1 aliphatic rings. The van der Waals surface area contributed by atoms with Crippen molar-refractivity contribution in [2.24, 2.45) is 11.3 Å². The minimum Gasteiger partial charge on any atom is -0.481 e. The van der Waals surface area contributed by atoms with Gasteiger partial charge in [0, 0.05) is 69.2 Å². The third-order valence-electron chi connectivity index (χ3n) is 16.9. The maximum absolute atomic E-state index is 15.4. The van der Waals surface area contributed by atoms with Gasteiger partial charge in [-0.05, 0) is 90.8 Å². The first-order valence-corrected chi connectivity index (χ1v) is 34.5. The van der Waals surface area contributed by atoms with Gasteiger partial charge in [-0.1, -0.05) is 126 Å². The number of nitrogens with one attached hydrogen (secondary N) is 7. The molecule has 103 heavy (non-hydrogen) atoms. The van der Waals surface area contributed by atoms with Gasteiger partial charge in [0.15, 0.2) is 0 Å². The number of hydrogen-bond donors (Lipinski definition) is 9. The fraction of sp³-hybridized carbons (Fsp3) is 0.486. The highest BCUT2D eigenvalue weighted by atomic mass is 19.1. The van der Waals surface area contributed by atoms with Crippen LogP contribution in [0.1, 0.15) is 114 Å². The van der Waals surface area contributed by atoms with Crippen LogP contribution in [0.4, 0.5) is 18.4 Å². The van der Waals surface area contributed by atoms with Crippen LogP contribution in [-0.2, 0) is 81.8 Å². The minimum absolute atomic E-state index is 0.00286. The topological polar surface area (TPSA) is 353 Å². The first-order chi connectivity index (χ1) is 49.4. The molecule has 1 aromatic heterocycles. The third-order valence-corrected chi connectivity index (χ3v) is 16.9. The molecule has 29 heteroatoms. The van der Waals surface area contributed by atoms with Crippen molar-refractivity contribution in [2.75, 3.05) is 79.5 Å². The molecule has 5 aromatic rings. The van der Waals surface area contributed by atoms with Gasteiger partial charge >= 0.3 is 18.2 Å². The van der Waals surface area contributed by atoms with Crippen LogP contribution in [0.3, 0.4) is 0 Å². The number of amides is 9. The van der Waals surface area contributed by atoms with Gasteiger partial charge in [-0.25, -0.2) is 18.4 Å². The van der Waals surface area contributed by atoms with E-state index in [4.69, 9.17) is 23.7 Å². The van der Waals surface area contributed by atoms with E-state index in [1.165, 1.54) is 11.9 Å². The fourth-order valence-electron chi connectivity index (χ4n) is 11.7. The van der Waals surface area contributed by atoms with E-state index in [1.807, 2.05) is 104 Å². The van der Waals surface area contributed by atoms with Crippen molar-refractivity contribution in [1.82, 2.24) is 51.6 Å². The quantitative estimate of drug-likeness (QED) is 0.0201. The number of rotatable bonds is 42. The first kappa shape index (κ1) is 82.1. The van der Waals surface area contributed by atoms with E-state index in [2.05, 4.69) is 37.2 Å². The summed E-state index contributed by atoms with van der Waals surface area (Å²) in [7, 11) is 1.35. The number of carbonyl (C=O) groups is 10. The molecule has 1 fully saturated rings. The fourth-order valence-corrected chi connectivity index (χ4v) is 11.7. The van der Waals surface area contributed by atoms with Crippen molar-refractivity contribution < 1.29 is 90.6 Å². The molecule has 0 radical (unpaired) electrons. The highest BCUT2D eigenvalue weighted by molar-refractivity contribution is 5.97. The molecule has 1 aliphatic heterocycles. The molecule has 6 rings (SSSR count). The number of carboxylic acids is 1. The highest BCUT2D eigenvalue weighted by Crippen LogP contribution is 2.41. The number of alkyl carbamates (subject to hydrolysis) is 2. The summed E-state index contributed by atoms with van der Waals surface area (Å²) in [4.78, 5) is 136. The number of halogens is 2. The summed E-state index contributed by atoms with van der Waals surface area (Å²) in [5.41, 5.74) is 2.46. The van der Waals surface area contributed by atoms with E-state index in [9.17, 15) is 62.5 Å². The van der Waals surface area contributed by atoms with Crippen molar-refractivity contribution in [3.8, 4) is 11.1 Å². The van der Waals surface area contributed by atoms with Crippen LogP contribution in [0.25, 0.3) is 11.1 Å². The van der Waals surface area contributed by atoms with Crippen LogP contribution in [0, 0.1) is 23.0 Å². The lowest BCUT2D eigenvalue weighted by atomic mass is 9.82. The molecule has 0 bridgehead atoms. The Morgan fingerprint density at radius 1 is 0.650 bits per heavy atom. The number of aromatic nitrogens is 1. The molecule has 6 atom stereocenters. The molecule has 4 aromatic carbocycles. The van der Waals surface area contributed by atoms with E-state index in [0.29, 0.717) is 30.5 Å². The van der Waals surface area contributed by atoms with Gasteiger partial charge < -0.3 is 85.5 Å². The number of hydrogen-bond acceptors (Lipinski definition) is 16. The molecule has 560 valence electrons. The van der Waals surface area contributed by atoms with E-state index in [0.717, 1.165) is 39.8 Å². The van der Waals surface area contributed by atoms with Crippen LogP contribution in [0.5, 0.6) is 0 Å². The van der Waals surface area contributed by atoms with Gasteiger partial charge in [0.05, 0.1) is 52.1 Å². The number of likely N-dealkylation sites (tertiary alicyclic amines) is 1. The zero-order valence-electron chi connectivity index (χ0n) is 59.3. The van der Waals surface area contributed by atoms with Crippen LogP contribution >= 0.6 is 0 Å². The number of carbonyl (C=O) groups excluding carboxylic acids is 9. The smallest absolute Gasteiger partial charge is 0.408 e. The van der Waals surface area contributed by atoms with Crippen LogP contribution in [0.15, 0.2) is 121 Å². The van der Waals surface area contributed by atoms with Crippen LogP contribution in [-0.4, -0.2) is 194 Å². The predicted molar refractivity (Wildman–Crippen MR) is 375 cm³/mol. The maximum atomic E-state index is 15.4. The summed E-state index contributed by atoms with van der Waals surface area (Å²) in [5.74, 6) is -8.27. The average Bonchev–Trinajstić information content (AvgIpc) is 1.67. The summed E-state index contributed by atoms with van der Waals surface area (Å²) in [6.07, 6.45) is 0.684. The molecular formula is C74H98F2N10O17. The Labute approximate surface area is 598 Å². The zero-order valence-corrected chi connectivity index (χ0v) is 59.3. The number of nitrogens with zero attached hydrogens (tertiary/aromatic N) is 3. The summed E-state index contributed by atoms with van der Waals surface area (Å²) in [5, 5.41) is 38.8. The number of benzene rings is 4. The monoisotopic (exact) mass is 1440 g/mol. The molecule has 9 amide bonds. The number of unbranched alkanes of at least 4 members (excludes halogenated alkanes) is 1. The lowest BCUT2D eigenvalue weighted by Gasteiger charge is -2.41. The Morgan fingerprint density at radius 3 is 1.85 bits per heavy atom. The van der Waals surface area contributed by atoms with Gasteiger partial charge in [0.1, 0.15) is 61.7 Å². The van der Waals surface area contributed by atoms with E-state index in [-0.39, 0.29) is 117 Å². The Morgan fingerprint density at radius 2 is 1.25 bits per heavy atom. The van der Waals surface area contributed by atoms with Crippen LogP contribution in [0.2, 0.25) is 0 Å². The van der Waals surface area contributed by atoms with Crippen molar-refractivity contribution in [3.63, 3.8) is 0 Å². The minimum atomic E-state index is -1.58. The van der Waals surface area contributed by atoms with Crippen molar-refractivity contribution in [2.45, 2.75) is 142 Å². The number of aliphatic carboxylic acids is 1. The van der Waals surface area contributed by atoms with Crippen molar-refractivity contribution in [3.05, 3.63) is 155 Å². The lowest BCUT2D eigenvalue weighted by Crippen LogP contribution is -2.59. The summed E-state index contributed by atoms with van der Waals surface area (Å²) >= 11 is 0. The van der Waals surface area contributed by atoms with Gasteiger partial charge in [-0.15, -0.1) is 0 Å². The molecule has 0 aliphatic carbocycles. The van der Waals surface area contributed by atoms with E-state index >= 15 is 4.39 Å². The zero-order chi connectivity index (χ0) is 74.8. The standard InChI is InChI=1S/C74H98F2N10O17/c1-49(2)65(70(95)81-58(67(92)77-6)29-34-86(63(89)46-87)66(74(3,4)5)61-41-53(55-42-54(75)27-28-56(55)76)45-84(61)44-50-19-10-7-11-20-50)83-69(94)60-26-18-33-85(60)71(96)59(43-64(90)91)80-62(88)30-35-99-37-39-101-40-38-100-36-32-78-68(93)57(82-73(98)103-48-52-23-14-9-15-24-52)25-16-17-31-79-72(97)102-47-51-21-12-8-13-22-51/h7-15,19-24,27-28,41-42,45,49,57-60,65-66,87H,16-18,25-26,29-40,43-44,46-48H2,1-6H3,(H,77,92)(H,78,93)(H,79,97)(H,80,88)(H,81,95)(H,82,98)(H,83,94)(H,90,91)/t57-,58-,59-,60-,65-,66-/m0/s1. The second-order valence-corrected chi connectivity index (χ2v) is 26.1. The van der Waals surface area contributed by atoms with Crippen molar-refractivity contribution in [1.29, 1.82) is 0 Å². The molecule has 2 heterocycles. The molecular weight excluding hydrogens is 1340 g/mol. The number of aliphatic hydroxyl groups excluding tert-OH is 1. The molecule has 9 N–H and O–H groups in total. The first-order valence-electron chi connectivity index (χ1n) is 34.5. The average molecular weight is 1440 g/mol. The third kappa shape index (κ3) is 27.5. The number of aliphatic hydroxyl groups is 1. The van der Waals surface area contributed by atoms with Gasteiger partial charge in [0.25, 0.3) is 0 Å². The molecule has 0 spiro atoms. The molecule has 0 saturated carbocycles. The molecule has 27 nitrogen and oxygen atoms in total. The highest BCUT2D eigenvalue weighted by Gasteiger charge is 2.42. The normalized spacial score (nSPS) is 14.2. The number of ether oxygens (including phenoxy) is 5. The lowest BCUT2D eigenvalue weighted by molar-refractivity contribution is -0.146. The summed E-state index contributed by atoms with van der Waals surface area (Å²) in [6, 6.07) is 25.2. The van der Waals surface area contributed by atoms with Gasteiger partial charge in [-0.2, -0.15) is 0 Å². The molecule has 0 unspecified atom stereocenters. The molecule has 1 saturated heterocycles. The van der Waals surface area contributed by atoms with Crippen LogP contribution < -0.4 is 37.2 Å². The van der Waals surface area contributed by atoms with Gasteiger partial charge in [-0.3, -0.25) is 38.4 Å².